The number of carbonyl (C=O) groups excluding carboxylic acids is 1. The van der Waals surface area contributed by atoms with Crippen molar-refractivity contribution in [3.05, 3.63) is 60.2 Å². The molecule has 0 aliphatic carbocycles. The Balaban J connectivity index is 2.18. The van der Waals surface area contributed by atoms with Crippen LogP contribution in [-0.2, 0) is 15.8 Å². The lowest BCUT2D eigenvalue weighted by Gasteiger charge is -2.11. The third-order valence-electron chi connectivity index (χ3n) is 4.61. The number of ether oxygens (including phenoxy) is 1. The predicted molar refractivity (Wildman–Crippen MR) is 114 cm³/mol. The highest BCUT2D eigenvalue weighted by molar-refractivity contribution is 7.70. The van der Waals surface area contributed by atoms with Gasteiger partial charge in [-0.15, -0.1) is 0 Å². The number of hydrogen-bond donors (Lipinski definition) is 1. The average molecular weight is 415 g/mol. The molecule has 0 aliphatic heterocycles. The van der Waals surface area contributed by atoms with Crippen molar-refractivity contribution >= 4 is 29.4 Å². The van der Waals surface area contributed by atoms with Crippen molar-refractivity contribution in [1.29, 1.82) is 0 Å². The molecule has 1 heterocycles. The number of esters is 1. The monoisotopic (exact) mass is 415 g/mol. The number of allylic oxidation sites excluding steroid dienone is 1. The van der Waals surface area contributed by atoms with Gasteiger partial charge in [0, 0.05) is 17.4 Å². The molecule has 0 radical (unpaired) electrons. The first-order chi connectivity index (χ1) is 13.7. The zero-order valence-corrected chi connectivity index (χ0v) is 17.4. The second-order valence-corrected chi connectivity index (χ2v) is 10.3. The number of halogens is 1. The average Bonchev–Trinajstić information content (AvgIpc) is 3.09. The molecule has 0 fully saturated rings. The Morgan fingerprint density at radius 3 is 2.55 bits per heavy atom. The molecule has 3 aromatic rings. The molecule has 0 bridgehead atoms. The third-order valence-corrected chi connectivity index (χ3v) is 6.15. The smallest absolute Gasteiger partial charge is 0.337 e. The van der Waals surface area contributed by atoms with Gasteiger partial charge in [-0.3, -0.25) is 0 Å². The van der Waals surface area contributed by atoms with Crippen molar-refractivity contribution in [3.8, 4) is 11.1 Å². The van der Waals surface area contributed by atoms with Gasteiger partial charge in [0.05, 0.1) is 36.6 Å². The van der Waals surface area contributed by atoms with Crippen LogP contribution in [-0.4, -0.2) is 42.5 Å². The van der Waals surface area contributed by atoms with E-state index in [-0.39, 0.29) is 18.9 Å². The maximum Gasteiger partial charge on any atom is 0.337 e. The summed E-state index contributed by atoms with van der Waals surface area (Å²) in [6, 6.07) is 10.6. The molecular weight excluding hydrogens is 392 g/mol. The lowest BCUT2D eigenvalue weighted by atomic mass is 10.0. The predicted octanol–water partition coefficient (Wildman–Crippen LogP) is 3.55. The van der Waals surface area contributed by atoms with Gasteiger partial charge in [0.15, 0.2) is 0 Å². The molecule has 6 nitrogen and oxygen atoms in total. The van der Waals surface area contributed by atoms with E-state index in [4.69, 9.17) is 10.5 Å². The summed E-state index contributed by atoms with van der Waals surface area (Å²) in [6.45, 7) is 3.49. The second kappa shape index (κ2) is 8.31. The lowest BCUT2D eigenvalue weighted by Crippen LogP contribution is -2.04. The van der Waals surface area contributed by atoms with Crippen molar-refractivity contribution in [3.63, 3.8) is 0 Å². The summed E-state index contributed by atoms with van der Waals surface area (Å²) in [5.41, 5.74) is 8.45. The van der Waals surface area contributed by atoms with Gasteiger partial charge < -0.3 is 19.6 Å². The lowest BCUT2D eigenvalue weighted by molar-refractivity contribution is 0.0601. The van der Waals surface area contributed by atoms with E-state index in [9.17, 15) is 13.8 Å². The van der Waals surface area contributed by atoms with E-state index in [0.717, 1.165) is 10.9 Å². The standard InChI is InChI=1S/C21H23FN3O3P/c1-28-21(26)15-10-18(14-4-6-17(7-5-14)29(2,3)27)20-19(11-15)25(13-24-20)12-16(22)8-9-23/h4-8,10-11,13H,9,12,23H2,1-3H3/b16-8-. The Labute approximate surface area is 168 Å². The summed E-state index contributed by atoms with van der Waals surface area (Å²) in [5, 5.41) is 0.765. The van der Waals surface area contributed by atoms with Crippen molar-refractivity contribution < 1.29 is 18.5 Å². The molecule has 8 heteroatoms. The summed E-state index contributed by atoms with van der Waals surface area (Å²) >= 11 is 0. The van der Waals surface area contributed by atoms with Crippen molar-refractivity contribution in [2.75, 3.05) is 27.0 Å². The minimum Gasteiger partial charge on any atom is -0.465 e. The van der Waals surface area contributed by atoms with Crippen molar-refractivity contribution in [2.24, 2.45) is 5.73 Å². The van der Waals surface area contributed by atoms with Gasteiger partial charge in [0.1, 0.15) is 13.0 Å². The largest absolute Gasteiger partial charge is 0.465 e. The Hall–Kier alpha value is -2.76. The zero-order valence-electron chi connectivity index (χ0n) is 16.6. The molecule has 0 amide bonds. The minimum atomic E-state index is -2.38. The molecule has 2 aromatic carbocycles. The van der Waals surface area contributed by atoms with Gasteiger partial charge in [-0.1, -0.05) is 24.3 Å². The van der Waals surface area contributed by atoms with E-state index >= 15 is 0 Å². The van der Waals surface area contributed by atoms with Crippen LogP contribution < -0.4 is 11.0 Å². The molecule has 0 saturated carbocycles. The topological polar surface area (TPSA) is 87.2 Å². The number of nitrogens with two attached hydrogens (primary N) is 1. The normalized spacial score (nSPS) is 12.4. The highest BCUT2D eigenvalue weighted by Gasteiger charge is 2.17. The van der Waals surface area contributed by atoms with E-state index < -0.39 is 13.1 Å². The maximum absolute atomic E-state index is 14.0. The number of carbonyl (C=O) groups is 1. The molecular formula is C21H23FN3O3P. The molecule has 2 N–H and O–H groups in total. The van der Waals surface area contributed by atoms with Gasteiger partial charge in [0.2, 0.25) is 0 Å². The Bertz CT molecular complexity index is 1130. The van der Waals surface area contributed by atoms with E-state index in [1.165, 1.54) is 19.5 Å². The fourth-order valence-electron chi connectivity index (χ4n) is 3.10. The number of nitrogens with zero attached hydrogens (tertiary/aromatic N) is 2. The van der Waals surface area contributed by atoms with Crippen LogP contribution in [0.2, 0.25) is 0 Å². The van der Waals surface area contributed by atoms with Crippen LogP contribution in [0, 0.1) is 0 Å². The first-order valence-electron chi connectivity index (χ1n) is 9.02. The highest BCUT2D eigenvalue weighted by atomic mass is 31.2. The summed E-state index contributed by atoms with van der Waals surface area (Å²) in [7, 11) is -1.07. The number of benzene rings is 2. The molecule has 0 saturated heterocycles. The van der Waals surface area contributed by atoms with Crippen LogP contribution in [0.1, 0.15) is 10.4 Å². The van der Waals surface area contributed by atoms with Crippen LogP contribution in [0.5, 0.6) is 0 Å². The number of aromatic nitrogens is 2. The zero-order chi connectivity index (χ0) is 21.2. The van der Waals surface area contributed by atoms with Gasteiger partial charge in [-0.05, 0) is 37.1 Å². The number of fused-ring (bicyclic) bond motifs is 1. The fourth-order valence-corrected chi connectivity index (χ4v) is 3.97. The summed E-state index contributed by atoms with van der Waals surface area (Å²) in [4.78, 5) is 16.6. The van der Waals surface area contributed by atoms with Crippen LogP contribution in [0.15, 0.2) is 54.6 Å². The van der Waals surface area contributed by atoms with Crippen LogP contribution in [0.4, 0.5) is 4.39 Å². The van der Waals surface area contributed by atoms with E-state index in [1.54, 1.807) is 30.0 Å². The first kappa shape index (κ1) is 21.0. The number of methoxy groups -OCH3 is 1. The molecule has 0 aliphatic rings. The van der Waals surface area contributed by atoms with Gasteiger partial charge >= 0.3 is 5.97 Å². The highest BCUT2D eigenvalue weighted by Crippen LogP contribution is 2.36. The Morgan fingerprint density at radius 1 is 1.28 bits per heavy atom. The van der Waals surface area contributed by atoms with E-state index in [2.05, 4.69) is 4.98 Å². The van der Waals surface area contributed by atoms with Crippen LogP contribution in [0.3, 0.4) is 0 Å². The first-order valence-corrected chi connectivity index (χ1v) is 11.6. The molecule has 29 heavy (non-hydrogen) atoms. The second-order valence-electron chi connectivity index (χ2n) is 7.04. The molecule has 0 atom stereocenters. The van der Waals surface area contributed by atoms with Crippen LogP contribution in [0.25, 0.3) is 22.2 Å². The minimum absolute atomic E-state index is 0.0362. The van der Waals surface area contributed by atoms with E-state index in [0.29, 0.717) is 22.2 Å². The Kier molecular flexibility index (Phi) is 6.01. The van der Waals surface area contributed by atoms with Gasteiger partial charge in [-0.25, -0.2) is 14.2 Å². The summed E-state index contributed by atoms with van der Waals surface area (Å²) in [6.07, 6.45) is 2.82. The van der Waals surface area contributed by atoms with Gasteiger partial charge in [-0.2, -0.15) is 0 Å². The molecule has 3 rings (SSSR count). The van der Waals surface area contributed by atoms with Gasteiger partial charge in [0.25, 0.3) is 0 Å². The number of imidazole rings is 1. The molecule has 0 spiro atoms. The van der Waals surface area contributed by atoms with Crippen molar-refractivity contribution in [1.82, 2.24) is 9.55 Å². The van der Waals surface area contributed by atoms with Crippen molar-refractivity contribution in [2.45, 2.75) is 6.54 Å². The third kappa shape index (κ3) is 4.47. The van der Waals surface area contributed by atoms with E-state index in [1.807, 2.05) is 24.3 Å². The summed E-state index contributed by atoms with van der Waals surface area (Å²) in [5.74, 6) is -0.884. The maximum atomic E-state index is 14.0. The molecule has 152 valence electrons. The summed E-state index contributed by atoms with van der Waals surface area (Å²) < 4.78 is 32.8. The van der Waals surface area contributed by atoms with Crippen LogP contribution >= 0.6 is 7.14 Å². The number of hydrogen-bond acceptors (Lipinski definition) is 5. The molecule has 0 unspecified atom stereocenters. The SMILES string of the molecule is COC(=O)c1cc(-c2ccc(P(C)(C)=O)cc2)c2ncn(C/C(F)=C/CN)c2c1. The quantitative estimate of drug-likeness (QED) is 0.491. The Morgan fingerprint density at radius 2 is 1.97 bits per heavy atom. The molecule has 1 aromatic heterocycles. The fraction of sp³-hybridized carbons (Fsp3) is 0.238. The number of rotatable bonds is 6.